The van der Waals surface area contributed by atoms with Crippen molar-refractivity contribution in [2.24, 2.45) is 11.8 Å². The maximum Gasteiger partial charge on any atom is 0.0141 e. The van der Waals surface area contributed by atoms with Gasteiger partial charge in [0.1, 0.15) is 0 Å². The third-order valence-electron chi connectivity index (χ3n) is 3.13. The summed E-state index contributed by atoms with van der Waals surface area (Å²) < 4.78 is 0. The summed E-state index contributed by atoms with van der Waals surface area (Å²) in [5.41, 5.74) is 0. The van der Waals surface area contributed by atoms with E-state index in [9.17, 15) is 0 Å². The molecule has 0 bridgehead atoms. The summed E-state index contributed by atoms with van der Waals surface area (Å²) >= 11 is 0. The normalized spacial score (nSPS) is 13.8. The summed E-state index contributed by atoms with van der Waals surface area (Å²) in [7, 11) is 0.325. The second-order valence-electron chi connectivity index (χ2n) is 4.88. The minimum atomic E-state index is 0.162. The van der Waals surface area contributed by atoms with Crippen LogP contribution in [0.2, 0.25) is 0 Å². The van der Waals surface area contributed by atoms with Gasteiger partial charge in [-0.3, -0.25) is 0 Å². The molecule has 0 atom stereocenters. The van der Waals surface area contributed by atoms with Crippen molar-refractivity contribution in [2.45, 2.75) is 32.6 Å². The van der Waals surface area contributed by atoms with E-state index >= 15 is 0 Å². The predicted octanol–water partition coefficient (Wildman–Crippen LogP) is 4.48. The molecule has 0 unspecified atom stereocenters. The van der Waals surface area contributed by atoms with Gasteiger partial charge in [0.25, 0.3) is 0 Å². The number of rotatable bonds is 4. The van der Waals surface area contributed by atoms with Gasteiger partial charge in [0.2, 0.25) is 0 Å². The van der Waals surface area contributed by atoms with E-state index in [-0.39, 0.29) is 15.8 Å². The van der Waals surface area contributed by atoms with Crippen molar-refractivity contribution in [2.75, 3.05) is 26.7 Å². The van der Waals surface area contributed by atoms with E-state index in [4.69, 9.17) is 0 Å². The van der Waals surface area contributed by atoms with Gasteiger partial charge >= 0.3 is 0 Å². The average molecular weight is 220 g/mol. The first-order chi connectivity index (χ1) is 5.77. The van der Waals surface area contributed by atoms with Crippen LogP contribution >= 0.6 is 15.8 Å². The molecule has 0 aliphatic rings. The molecule has 13 heavy (non-hydrogen) atoms. The molecule has 0 saturated heterocycles. The molecule has 0 amide bonds. The highest BCUT2D eigenvalue weighted by Crippen LogP contribution is 2.67. The fourth-order valence-corrected chi connectivity index (χ4v) is 10.5. The third kappa shape index (κ3) is 2.45. The first-order valence-electron chi connectivity index (χ1n) is 5.12. The lowest BCUT2D eigenvalue weighted by Gasteiger charge is -2.49. The lowest BCUT2D eigenvalue weighted by molar-refractivity contribution is 0.436. The molecular weight excluding hydrogens is 194 g/mol. The van der Waals surface area contributed by atoms with E-state index in [0.29, 0.717) is 4.90 Å². The largest absolute Gasteiger partial charge is 0.102 e. The van der Waals surface area contributed by atoms with Crippen molar-refractivity contribution < 1.29 is 0 Å². The highest BCUT2D eigenvalue weighted by atomic mass is 31.2. The Balaban J connectivity index is 5.06. The van der Waals surface area contributed by atoms with Crippen molar-refractivity contribution in [1.29, 1.82) is 0 Å². The van der Waals surface area contributed by atoms with Crippen LogP contribution in [0.5, 0.6) is 0 Å². The van der Waals surface area contributed by atoms with Crippen LogP contribution in [-0.2, 0) is 0 Å². The van der Waals surface area contributed by atoms with Crippen molar-refractivity contribution in [1.82, 2.24) is 0 Å². The van der Waals surface area contributed by atoms with Gasteiger partial charge < -0.3 is 0 Å². The van der Waals surface area contributed by atoms with Crippen LogP contribution in [0.4, 0.5) is 0 Å². The third-order valence-corrected chi connectivity index (χ3v) is 10.5. The van der Waals surface area contributed by atoms with Gasteiger partial charge in [-0.25, -0.2) is 0 Å². The summed E-state index contributed by atoms with van der Waals surface area (Å²) in [5.74, 6) is 1.66. The second-order valence-corrected chi connectivity index (χ2v) is 10.3. The summed E-state index contributed by atoms with van der Waals surface area (Å²) in [6, 6.07) is 0. The Labute approximate surface area is 87.4 Å². The fraction of sp³-hybridized carbons (Fsp3) is 1.00. The first-order valence-corrected chi connectivity index (χ1v) is 9.59. The molecule has 0 radical (unpaired) electrons. The Morgan fingerprint density at radius 2 is 0.923 bits per heavy atom. The summed E-state index contributed by atoms with van der Waals surface area (Å²) in [6.45, 7) is 19.5. The number of hydrogen-bond donors (Lipinski definition) is 0. The molecular formula is C11H26P2. The van der Waals surface area contributed by atoms with Gasteiger partial charge in [0, 0.05) is 4.90 Å². The van der Waals surface area contributed by atoms with E-state index < -0.39 is 0 Å². The zero-order valence-corrected chi connectivity index (χ0v) is 12.3. The minimum absolute atomic E-state index is 0.162. The van der Waals surface area contributed by atoms with Crippen LogP contribution in [-0.4, -0.2) is 31.6 Å². The van der Waals surface area contributed by atoms with E-state index in [1.165, 1.54) is 0 Å². The first kappa shape index (κ1) is 13.9. The van der Waals surface area contributed by atoms with Crippen LogP contribution < -0.4 is 0 Å². The van der Waals surface area contributed by atoms with Crippen molar-refractivity contribution in [3.8, 4) is 0 Å². The summed E-state index contributed by atoms with van der Waals surface area (Å²) in [6.07, 6.45) is 0. The Bertz CT molecular complexity index is 111. The van der Waals surface area contributed by atoms with E-state index in [1.54, 1.807) is 0 Å². The summed E-state index contributed by atoms with van der Waals surface area (Å²) in [5, 5.41) is 0. The van der Waals surface area contributed by atoms with E-state index in [1.807, 2.05) is 0 Å². The average Bonchev–Trinajstić information content (AvgIpc) is 1.82. The maximum absolute atomic E-state index is 2.46. The van der Waals surface area contributed by atoms with E-state index in [2.05, 4.69) is 54.4 Å². The Morgan fingerprint density at radius 1 is 0.692 bits per heavy atom. The Kier molecular flexibility index (Phi) is 5.42. The molecule has 0 heterocycles. The predicted molar refractivity (Wildman–Crippen MR) is 69.9 cm³/mol. The van der Waals surface area contributed by atoms with Crippen LogP contribution in [0.3, 0.4) is 0 Å². The standard InChI is InChI=1S/C11H26P2/c1-9(2)11(10(3)4,12(5)6)13(7)8/h9-10H,1-8H3. The van der Waals surface area contributed by atoms with Crippen LogP contribution in [0, 0.1) is 11.8 Å². The Hall–Kier alpha value is 0.860. The fourth-order valence-electron chi connectivity index (χ4n) is 3.13. The molecule has 0 rings (SSSR count). The SMILES string of the molecule is CC(C)C(C(C)C)(P(C)C)P(C)C. The smallest absolute Gasteiger partial charge is 0.0141 e. The van der Waals surface area contributed by atoms with Gasteiger partial charge in [0.15, 0.2) is 0 Å². The van der Waals surface area contributed by atoms with Gasteiger partial charge in [-0.15, -0.1) is 15.8 Å². The Morgan fingerprint density at radius 3 is 0.923 bits per heavy atom. The van der Waals surface area contributed by atoms with Gasteiger partial charge in [-0.1, -0.05) is 27.7 Å². The molecule has 2 heteroatoms. The molecule has 0 N–H and O–H groups in total. The quantitative estimate of drug-likeness (QED) is 0.613. The molecule has 0 aliphatic carbocycles. The molecule has 0 aromatic rings. The van der Waals surface area contributed by atoms with E-state index in [0.717, 1.165) is 11.8 Å². The highest BCUT2D eigenvalue weighted by molar-refractivity contribution is 7.76. The maximum atomic E-state index is 2.46. The monoisotopic (exact) mass is 220 g/mol. The van der Waals surface area contributed by atoms with Crippen LogP contribution in [0.25, 0.3) is 0 Å². The lowest BCUT2D eigenvalue weighted by atomic mass is 9.99. The molecule has 0 aromatic heterocycles. The molecule has 0 nitrogen and oxygen atoms in total. The van der Waals surface area contributed by atoms with Gasteiger partial charge in [-0.2, -0.15) is 0 Å². The van der Waals surface area contributed by atoms with Gasteiger partial charge in [0.05, 0.1) is 0 Å². The zero-order chi connectivity index (χ0) is 10.8. The lowest BCUT2D eigenvalue weighted by Crippen LogP contribution is -2.36. The highest BCUT2D eigenvalue weighted by Gasteiger charge is 2.42. The molecule has 0 spiro atoms. The van der Waals surface area contributed by atoms with Crippen molar-refractivity contribution >= 4 is 15.8 Å². The zero-order valence-electron chi connectivity index (χ0n) is 10.5. The molecule has 80 valence electrons. The van der Waals surface area contributed by atoms with Crippen molar-refractivity contribution in [3.05, 3.63) is 0 Å². The topological polar surface area (TPSA) is 0 Å². The minimum Gasteiger partial charge on any atom is -0.102 e. The second kappa shape index (κ2) is 5.09. The number of hydrogen-bond acceptors (Lipinski definition) is 0. The van der Waals surface area contributed by atoms with Crippen LogP contribution in [0.1, 0.15) is 27.7 Å². The molecule has 0 aliphatic heterocycles. The van der Waals surface area contributed by atoms with Crippen molar-refractivity contribution in [3.63, 3.8) is 0 Å². The summed E-state index contributed by atoms with van der Waals surface area (Å²) in [4.78, 5) is 0.630. The molecule has 0 aromatic carbocycles. The van der Waals surface area contributed by atoms with Crippen LogP contribution in [0.15, 0.2) is 0 Å². The molecule has 0 fully saturated rings. The molecule has 0 saturated carbocycles. The van der Waals surface area contributed by atoms with Gasteiger partial charge in [-0.05, 0) is 38.5 Å².